The summed E-state index contributed by atoms with van der Waals surface area (Å²) in [4.78, 5) is 12.7. The van der Waals surface area contributed by atoms with E-state index in [-0.39, 0.29) is 0 Å². The van der Waals surface area contributed by atoms with Crippen LogP contribution in [-0.4, -0.2) is 22.0 Å². The van der Waals surface area contributed by atoms with Crippen LogP contribution in [0, 0.1) is 0 Å². The largest absolute Gasteiger partial charge is 0.337 e. The molecule has 2 aromatic heterocycles. The van der Waals surface area contributed by atoms with Crippen LogP contribution in [0.25, 0.3) is 33.9 Å². The lowest BCUT2D eigenvalue weighted by atomic mass is 10.0. The Bertz CT molecular complexity index is 1100. The Morgan fingerprint density at radius 1 is 0.929 bits per heavy atom. The van der Waals surface area contributed by atoms with Crippen LogP contribution >= 0.6 is 0 Å². The highest BCUT2D eigenvalue weighted by molar-refractivity contribution is 5.81. The topological polar surface area (TPSA) is 53.6 Å². The van der Waals surface area contributed by atoms with E-state index in [4.69, 9.17) is 4.98 Å². The molecule has 0 fully saturated rings. The first-order valence-corrected chi connectivity index (χ1v) is 9.70. The molecule has 4 aromatic rings. The van der Waals surface area contributed by atoms with Gasteiger partial charge in [0.25, 0.3) is 0 Å². The summed E-state index contributed by atoms with van der Waals surface area (Å²) in [6.07, 6.45) is 5.91. The van der Waals surface area contributed by atoms with Crippen LogP contribution in [0.4, 0.5) is 0 Å². The van der Waals surface area contributed by atoms with Crippen molar-refractivity contribution in [2.45, 2.75) is 18.9 Å². The van der Waals surface area contributed by atoms with Gasteiger partial charge in [-0.15, -0.1) is 0 Å². The number of pyridine rings is 1. The van der Waals surface area contributed by atoms with Crippen molar-refractivity contribution in [3.63, 3.8) is 0 Å². The highest BCUT2D eigenvalue weighted by Crippen LogP contribution is 2.37. The van der Waals surface area contributed by atoms with Crippen LogP contribution in [0.5, 0.6) is 0 Å². The first-order valence-electron chi connectivity index (χ1n) is 9.70. The zero-order valence-electron chi connectivity index (χ0n) is 15.8. The van der Waals surface area contributed by atoms with Crippen LogP contribution in [0.3, 0.4) is 0 Å². The number of hydrogen-bond donors (Lipinski definition) is 2. The van der Waals surface area contributed by atoms with Crippen LogP contribution in [0.1, 0.15) is 23.6 Å². The van der Waals surface area contributed by atoms with Gasteiger partial charge in [0, 0.05) is 35.1 Å². The second-order valence-electron chi connectivity index (χ2n) is 7.20. The molecule has 1 aliphatic rings. The first kappa shape index (κ1) is 16.9. The van der Waals surface area contributed by atoms with Gasteiger partial charge in [0.05, 0.1) is 11.4 Å². The lowest BCUT2D eigenvalue weighted by Crippen LogP contribution is -2.12. The molecule has 1 unspecified atom stereocenters. The van der Waals surface area contributed by atoms with E-state index in [9.17, 15) is 0 Å². The molecule has 0 spiro atoms. The number of aryl methyl sites for hydroxylation is 1. The van der Waals surface area contributed by atoms with Gasteiger partial charge in [-0.25, -0.2) is 4.98 Å². The minimum Gasteiger partial charge on any atom is -0.337 e. The van der Waals surface area contributed by atoms with Gasteiger partial charge in [0.1, 0.15) is 5.82 Å². The fourth-order valence-corrected chi connectivity index (χ4v) is 4.11. The maximum Gasteiger partial charge on any atom is 0.138 e. The molecule has 0 amide bonds. The number of benzene rings is 2. The van der Waals surface area contributed by atoms with Crippen LogP contribution in [-0.2, 0) is 6.42 Å². The molecule has 0 aliphatic heterocycles. The van der Waals surface area contributed by atoms with E-state index in [1.807, 2.05) is 49.8 Å². The third kappa shape index (κ3) is 2.92. The number of imidazole rings is 1. The Morgan fingerprint density at radius 2 is 1.75 bits per heavy atom. The molecule has 0 saturated heterocycles. The Labute approximate surface area is 164 Å². The highest BCUT2D eigenvalue weighted by atomic mass is 14.9. The number of aromatic amines is 1. The van der Waals surface area contributed by atoms with Crippen molar-refractivity contribution in [1.29, 1.82) is 0 Å². The van der Waals surface area contributed by atoms with Crippen molar-refractivity contribution < 1.29 is 0 Å². The minimum atomic E-state index is 0.461. The SMILES string of the molecule is CNC1CCc2cc(-c3nc(-c4ccccc4)[nH]c3-c3ccncc3)ccc21. The Hall–Kier alpha value is -3.24. The predicted octanol–water partition coefficient (Wildman–Crippen LogP) is 5.01. The van der Waals surface area contributed by atoms with E-state index in [0.717, 1.165) is 46.7 Å². The lowest BCUT2D eigenvalue weighted by Gasteiger charge is -2.10. The third-order valence-corrected chi connectivity index (χ3v) is 5.56. The Balaban J connectivity index is 1.65. The zero-order chi connectivity index (χ0) is 18.9. The fraction of sp³-hybridized carbons (Fsp3) is 0.167. The highest BCUT2D eigenvalue weighted by Gasteiger charge is 2.23. The number of H-pyrrole nitrogens is 1. The number of nitrogens with zero attached hydrogens (tertiary/aromatic N) is 2. The summed E-state index contributed by atoms with van der Waals surface area (Å²) in [7, 11) is 2.04. The molecule has 0 saturated carbocycles. The van der Waals surface area contributed by atoms with Gasteiger partial charge < -0.3 is 10.3 Å². The number of hydrogen-bond acceptors (Lipinski definition) is 3. The maximum atomic E-state index is 5.00. The molecule has 5 rings (SSSR count). The van der Waals surface area contributed by atoms with E-state index in [1.54, 1.807) is 0 Å². The molecular formula is C24H22N4. The van der Waals surface area contributed by atoms with Gasteiger partial charge in [-0.1, -0.05) is 42.5 Å². The van der Waals surface area contributed by atoms with Crippen molar-refractivity contribution >= 4 is 0 Å². The average molecular weight is 366 g/mol. The summed E-state index contributed by atoms with van der Waals surface area (Å²) >= 11 is 0. The smallest absolute Gasteiger partial charge is 0.138 e. The summed E-state index contributed by atoms with van der Waals surface area (Å²) in [5.74, 6) is 0.885. The zero-order valence-corrected chi connectivity index (χ0v) is 15.8. The van der Waals surface area contributed by atoms with Gasteiger partial charge in [0.15, 0.2) is 0 Å². The summed E-state index contributed by atoms with van der Waals surface area (Å²) in [6.45, 7) is 0. The summed E-state index contributed by atoms with van der Waals surface area (Å²) in [5, 5.41) is 3.41. The van der Waals surface area contributed by atoms with Crippen LogP contribution < -0.4 is 5.32 Å². The van der Waals surface area contributed by atoms with Crippen molar-refractivity contribution in [2.75, 3.05) is 7.05 Å². The lowest BCUT2D eigenvalue weighted by molar-refractivity contribution is 0.590. The molecule has 4 nitrogen and oxygen atoms in total. The molecule has 28 heavy (non-hydrogen) atoms. The Morgan fingerprint density at radius 3 is 2.54 bits per heavy atom. The van der Waals surface area contributed by atoms with Gasteiger partial charge >= 0.3 is 0 Å². The van der Waals surface area contributed by atoms with E-state index < -0.39 is 0 Å². The number of aromatic nitrogens is 3. The fourth-order valence-electron chi connectivity index (χ4n) is 4.11. The van der Waals surface area contributed by atoms with E-state index >= 15 is 0 Å². The van der Waals surface area contributed by atoms with Gasteiger partial charge in [-0.3, -0.25) is 4.98 Å². The number of rotatable bonds is 4. The summed E-state index contributed by atoms with van der Waals surface area (Å²) in [6, 6.07) is 21.5. The molecule has 2 aromatic carbocycles. The quantitative estimate of drug-likeness (QED) is 0.534. The second-order valence-corrected chi connectivity index (χ2v) is 7.20. The monoisotopic (exact) mass is 366 g/mol. The van der Waals surface area contributed by atoms with Gasteiger partial charge in [0.2, 0.25) is 0 Å². The second kappa shape index (κ2) is 7.06. The Kier molecular flexibility index (Phi) is 4.26. The van der Waals surface area contributed by atoms with Crippen molar-refractivity contribution in [1.82, 2.24) is 20.3 Å². The molecule has 2 N–H and O–H groups in total. The van der Waals surface area contributed by atoms with Crippen molar-refractivity contribution in [2.24, 2.45) is 0 Å². The van der Waals surface area contributed by atoms with E-state index in [1.165, 1.54) is 11.1 Å². The number of nitrogens with one attached hydrogen (secondary N) is 2. The van der Waals surface area contributed by atoms with Crippen molar-refractivity contribution in [3.8, 4) is 33.9 Å². The van der Waals surface area contributed by atoms with E-state index in [2.05, 4.69) is 45.6 Å². The van der Waals surface area contributed by atoms with Gasteiger partial charge in [-0.05, 0) is 49.2 Å². The molecule has 1 atom stereocenters. The normalized spacial score (nSPS) is 15.5. The molecule has 2 heterocycles. The van der Waals surface area contributed by atoms with Crippen molar-refractivity contribution in [3.05, 3.63) is 84.2 Å². The molecule has 4 heteroatoms. The molecule has 1 aliphatic carbocycles. The summed E-state index contributed by atoms with van der Waals surface area (Å²) < 4.78 is 0. The predicted molar refractivity (Wildman–Crippen MR) is 113 cm³/mol. The first-order chi connectivity index (χ1) is 13.8. The van der Waals surface area contributed by atoms with Gasteiger partial charge in [-0.2, -0.15) is 0 Å². The average Bonchev–Trinajstić information content (AvgIpc) is 3.39. The molecule has 0 radical (unpaired) electrons. The molecule has 138 valence electrons. The minimum absolute atomic E-state index is 0.461. The van der Waals surface area contributed by atoms with E-state index in [0.29, 0.717) is 6.04 Å². The maximum absolute atomic E-state index is 5.00. The summed E-state index contributed by atoms with van der Waals surface area (Å²) in [5.41, 5.74) is 8.18. The third-order valence-electron chi connectivity index (χ3n) is 5.56. The van der Waals surface area contributed by atoms with Crippen LogP contribution in [0.2, 0.25) is 0 Å². The van der Waals surface area contributed by atoms with Crippen LogP contribution in [0.15, 0.2) is 73.1 Å². The molecular weight excluding hydrogens is 344 g/mol. The number of fused-ring (bicyclic) bond motifs is 1. The standard InChI is InChI=1S/C24H22N4/c1-25-21-10-8-18-15-19(7-9-20(18)21)23-22(16-11-13-26-14-12-16)27-24(28-23)17-5-3-2-4-6-17/h2-7,9,11-15,21,25H,8,10H2,1H3,(H,27,28). The molecule has 0 bridgehead atoms.